The zero-order valence-corrected chi connectivity index (χ0v) is 11.2. The summed E-state index contributed by atoms with van der Waals surface area (Å²) < 4.78 is 5.05. The lowest BCUT2D eigenvalue weighted by atomic mass is 10.1. The number of phenolic OH excluding ortho intramolecular Hbond substituents is 2. The van der Waals surface area contributed by atoms with Gasteiger partial charge in [-0.1, -0.05) is 0 Å². The highest BCUT2D eigenvalue weighted by Gasteiger charge is 2.17. The molecule has 0 atom stereocenters. The molecule has 2 aromatic carbocycles. The fraction of sp³-hybridized carbons (Fsp3) is 0.133. The number of hydrogen-bond donors (Lipinski definition) is 2. The maximum absolute atomic E-state index is 12.3. The first-order valence-corrected chi connectivity index (χ1v) is 5.97. The van der Waals surface area contributed by atoms with Crippen molar-refractivity contribution in [3.8, 4) is 17.2 Å². The van der Waals surface area contributed by atoms with Crippen molar-refractivity contribution >= 4 is 11.6 Å². The normalized spacial score (nSPS) is 10.1. The molecule has 0 heterocycles. The molecule has 2 rings (SSSR count). The number of ether oxygens (including phenoxy) is 1. The van der Waals surface area contributed by atoms with Gasteiger partial charge in [0.25, 0.3) is 5.91 Å². The number of rotatable bonds is 3. The maximum Gasteiger partial charge on any atom is 0.261 e. The standard InChI is InChI=1S/C15H15NO4/c1-16(10-3-6-12(20-2)7-4-10)15(19)13-9-11(17)5-8-14(13)18/h3-9,17-18H,1-2H3. The first-order chi connectivity index (χ1) is 9.52. The largest absolute Gasteiger partial charge is 0.508 e. The van der Waals surface area contributed by atoms with Crippen molar-refractivity contribution in [1.29, 1.82) is 0 Å². The quantitative estimate of drug-likeness (QED) is 0.842. The fourth-order valence-electron chi connectivity index (χ4n) is 1.80. The Hall–Kier alpha value is -2.69. The van der Waals surface area contributed by atoms with Crippen LogP contribution >= 0.6 is 0 Å². The average molecular weight is 273 g/mol. The van der Waals surface area contributed by atoms with E-state index < -0.39 is 5.91 Å². The zero-order valence-electron chi connectivity index (χ0n) is 11.2. The van der Waals surface area contributed by atoms with Crippen LogP contribution in [0.4, 0.5) is 5.69 Å². The number of hydrogen-bond acceptors (Lipinski definition) is 4. The summed E-state index contributed by atoms with van der Waals surface area (Å²) in [5.74, 6) is 0.0285. The van der Waals surface area contributed by atoms with Crippen molar-refractivity contribution in [1.82, 2.24) is 0 Å². The van der Waals surface area contributed by atoms with Gasteiger partial charge in [-0.2, -0.15) is 0 Å². The summed E-state index contributed by atoms with van der Waals surface area (Å²) in [4.78, 5) is 13.7. The Labute approximate surface area is 116 Å². The van der Waals surface area contributed by atoms with E-state index in [-0.39, 0.29) is 17.1 Å². The van der Waals surface area contributed by atoms with Crippen molar-refractivity contribution in [2.45, 2.75) is 0 Å². The number of phenols is 2. The number of benzene rings is 2. The molecule has 2 aromatic rings. The molecule has 0 aliphatic heterocycles. The number of carbonyl (C=O) groups excluding carboxylic acids is 1. The molecule has 0 saturated carbocycles. The molecule has 0 aromatic heterocycles. The third-order valence-corrected chi connectivity index (χ3v) is 2.97. The highest BCUT2D eigenvalue weighted by Crippen LogP contribution is 2.26. The van der Waals surface area contributed by atoms with E-state index in [0.717, 1.165) is 0 Å². The van der Waals surface area contributed by atoms with Crippen LogP contribution in [-0.4, -0.2) is 30.3 Å². The second-order valence-electron chi connectivity index (χ2n) is 4.26. The lowest BCUT2D eigenvalue weighted by Gasteiger charge is -2.18. The molecular weight excluding hydrogens is 258 g/mol. The van der Waals surface area contributed by atoms with Gasteiger partial charge in [0.05, 0.1) is 12.7 Å². The summed E-state index contributed by atoms with van der Waals surface area (Å²) in [7, 11) is 3.16. The summed E-state index contributed by atoms with van der Waals surface area (Å²) in [6.07, 6.45) is 0. The van der Waals surface area contributed by atoms with Crippen LogP contribution in [0.5, 0.6) is 17.2 Å². The van der Waals surface area contributed by atoms with E-state index in [1.165, 1.54) is 23.1 Å². The van der Waals surface area contributed by atoms with Crippen LogP contribution in [0.3, 0.4) is 0 Å². The molecule has 0 aliphatic rings. The molecule has 1 amide bonds. The summed E-state index contributed by atoms with van der Waals surface area (Å²) >= 11 is 0. The number of aromatic hydroxyl groups is 2. The minimum Gasteiger partial charge on any atom is -0.508 e. The van der Waals surface area contributed by atoms with Crippen LogP contribution in [0, 0.1) is 0 Å². The summed E-state index contributed by atoms with van der Waals surface area (Å²) in [5, 5.41) is 19.1. The van der Waals surface area contributed by atoms with E-state index >= 15 is 0 Å². The van der Waals surface area contributed by atoms with Crippen LogP contribution in [0.25, 0.3) is 0 Å². The molecule has 104 valence electrons. The topological polar surface area (TPSA) is 70.0 Å². The van der Waals surface area contributed by atoms with Crippen LogP contribution in [-0.2, 0) is 0 Å². The Morgan fingerprint density at radius 2 is 1.75 bits per heavy atom. The van der Waals surface area contributed by atoms with Crippen LogP contribution in [0.15, 0.2) is 42.5 Å². The second-order valence-corrected chi connectivity index (χ2v) is 4.26. The number of amides is 1. The predicted octanol–water partition coefficient (Wildman–Crippen LogP) is 2.38. The average Bonchev–Trinajstić information content (AvgIpc) is 2.48. The molecular formula is C15H15NO4. The molecule has 0 aliphatic carbocycles. The van der Waals surface area contributed by atoms with Gasteiger partial charge in [0.2, 0.25) is 0 Å². The first-order valence-electron chi connectivity index (χ1n) is 5.97. The minimum atomic E-state index is -0.413. The number of nitrogens with zero attached hydrogens (tertiary/aromatic N) is 1. The SMILES string of the molecule is COc1ccc(N(C)C(=O)c2cc(O)ccc2O)cc1. The van der Waals surface area contributed by atoms with Crippen molar-refractivity contribution in [3.63, 3.8) is 0 Å². The highest BCUT2D eigenvalue weighted by atomic mass is 16.5. The molecule has 0 fully saturated rings. The Kier molecular flexibility index (Phi) is 3.79. The molecule has 20 heavy (non-hydrogen) atoms. The van der Waals surface area contributed by atoms with Crippen molar-refractivity contribution in [2.24, 2.45) is 0 Å². The third-order valence-electron chi connectivity index (χ3n) is 2.97. The summed E-state index contributed by atoms with van der Waals surface area (Å²) in [5.41, 5.74) is 0.696. The molecule has 0 radical (unpaired) electrons. The van der Waals surface area contributed by atoms with E-state index in [1.807, 2.05) is 0 Å². The molecule has 0 bridgehead atoms. The van der Waals surface area contributed by atoms with Gasteiger partial charge < -0.3 is 19.8 Å². The predicted molar refractivity (Wildman–Crippen MR) is 75.5 cm³/mol. The molecule has 2 N–H and O–H groups in total. The van der Waals surface area contributed by atoms with Crippen molar-refractivity contribution in [3.05, 3.63) is 48.0 Å². The van der Waals surface area contributed by atoms with E-state index in [2.05, 4.69) is 0 Å². The van der Waals surface area contributed by atoms with Gasteiger partial charge in [0.1, 0.15) is 17.2 Å². The number of methoxy groups -OCH3 is 1. The Balaban J connectivity index is 2.29. The monoisotopic (exact) mass is 273 g/mol. The van der Waals surface area contributed by atoms with E-state index in [4.69, 9.17) is 4.74 Å². The molecule has 0 spiro atoms. The third kappa shape index (κ3) is 2.66. The van der Waals surface area contributed by atoms with Gasteiger partial charge in [-0.25, -0.2) is 0 Å². The minimum absolute atomic E-state index is 0.0447. The summed E-state index contributed by atoms with van der Waals surface area (Å²) in [6, 6.07) is 10.8. The number of carbonyl (C=O) groups is 1. The second kappa shape index (κ2) is 5.52. The Bertz CT molecular complexity index is 622. The van der Waals surface area contributed by atoms with E-state index in [9.17, 15) is 15.0 Å². The lowest BCUT2D eigenvalue weighted by Crippen LogP contribution is -2.26. The Morgan fingerprint density at radius 1 is 1.10 bits per heavy atom. The van der Waals surface area contributed by atoms with Crippen LogP contribution in [0.2, 0.25) is 0 Å². The van der Waals surface area contributed by atoms with Gasteiger partial charge in [-0.3, -0.25) is 4.79 Å². The first kappa shape index (κ1) is 13.7. The fourth-order valence-corrected chi connectivity index (χ4v) is 1.80. The van der Waals surface area contributed by atoms with Crippen LogP contribution in [0.1, 0.15) is 10.4 Å². The van der Waals surface area contributed by atoms with Gasteiger partial charge >= 0.3 is 0 Å². The maximum atomic E-state index is 12.3. The highest BCUT2D eigenvalue weighted by molar-refractivity contribution is 6.07. The molecule has 5 heteroatoms. The van der Waals surface area contributed by atoms with Crippen LogP contribution < -0.4 is 9.64 Å². The number of anilines is 1. The zero-order chi connectivity index (χ0) is 14.7. The summed E-state index contributed by atoms with van der Waals surface area (Å²) in [6.45, 7) is 0. The van der Waals surface area contributed by atoms with E-state index in [0.29, 0.717) is 11.4 Å². The lowest BCUT2D eigenvalue weighted by molar-refractivity contribution is 0.0990. The molecule has 5 nitrogen and oxygen atoms in total. The van der Waals surface area contributed by atoms with Gasteiger partial charge in [0, 0.05) is 12.7 Å². The van der Waals surface area contributed by atoms with Gasteiger partial charge in [-0.15, -0.1) is 0 Å². The van der Waals surface area contributed by atoms with Crippen molar-refractivity contribution < 1.29 is 19.7 Å². The molecule has 0 saturated heterocycles. The molecule has 0 unspecified atom stereocenters. The smallest absolute Gasteiger partial charge is 0.261 e. The van der Waals surface area contributed by atoms with Gasteiger partial charge in [0.15, 0.2) is 0 Å². The van der Waals surface area contributed by atoms with Crippen molar-refractivity contribution in [2.75, 3.05) is 19.1 Å². The van der Waals surface area contributed by atoms with Gasteiger partial charge in [-0.05, 0) is 42.5 Å². The Morgan fingerprint density at radius 3 is 2.35 bits per heavy atom. The van der Waals surface area contributed by atoms with E-state index in [1.54, 1.807) is 38.4 Å².